The number of carbonyl (C=O) groups is 1. The van der Waals surface area contributed by atoms with Crippen LogP contribution in [-0.2, 0) is 4.84 Å². The minimum absolute atomic E-state index is 0.105. The number of piperidine rings is 2. The van der Waals surface area contributed by atoms with Crippen molar-refractivity contribution in [3.63, 3.8) is 0 Å². The van der Waals surface area contributed by atoms with Crippen LogP contribution in [0.15, 0.2) is 17.3 Å². The number of benzene rings is 1. The standard InChI is InChI=1S/C18H23F2N5O3/c19-14-10-16(15(20)9-13(14)17(21)22)24-5-1-11(2-6-24)23-28-12-3-7-25(8-4-12)18(26)27/h9-10,12H,1-8H2,(H3,21,22)(H,26,27). The monoisotopic (exact) mass is 395 g/mol. The predicted molar refractivity (Wildman–Crippen MR) is 100.0 cm³/mol. The Morgan fingerprint density at radius 1 is 1.18 bits per heavy atom. The normalized spacial score (nSPS) is 18.1. The number of anilines is 1. The summed E-state index contributed by atoms with van der Waals surface area (Å²) >= 11 is 0. The van der Waals surface area contributed by atoms with E-state index in [2.05, 4.69) is 5.16 Å². The largest absolute Gasteiger partial charge is 0.465 e. The molecule has 0 radical (unpaired) electrons. The number of hydrogen-bond donors (Lipinski definition) is 3. The number of rotatable bonds is 4. The van der Waals surface area contributed by atoms with Gasteiger partial charge in [0.15, 0.2) is 0 Å². The van der Waals surface area contributed by atoms with Crippen molar-refractivity contribution < 1.29 is 23.5 Å². The molecule has 2 fully saturated rings. The first-order valence-corrected chi connectivity index (χ1v) is 9.13. The molecule has 0 bridgehead atoms. The highest BCUT2D eigenvalue weighted by atomic mass is 19.1. The van der Waals surface area contributed by atoms with Crippen LogP contribution in [0.5, 0.6) is 0 Å². The van der Waals surface area contributed by atoms with Gasteiger partial charge >= 0.3 is 6.09 Å². The zero-order valence-electron chi connectivity index (χ0n) is 15.3. The quantitative estimate of drug-likeness (QED) is 0.411. The molecule has 28 heavy (non-hydrogen) atoms. The van der Waals surface area contributed by atoms with Crippen LogP contribution >= 0.6 is 0 Å². The molecule has 8 nitrogen and oxygen atoms in total. The number of oxime groups is 1. The fourth-order valence-electron chi connectivity index (χ4n) is 3.38. The van der Waals surface area contributed by atoms with Gasteiger partial charge in [-0.15, -0.1) is 0 Å². The number of hydrogen-bond acceptors (Lipinski definition) is 5. The molecular weight excluding hydrogens is 372 g/mol. The number of carboxylic acid groups (broad SMARTS) is 1. The molecule has 1 amide bonds. The number of likely N-dealkylation sites (tertiary alicyclic amines) is 1. The third-order valence-corrected chi connectivity index (χ3v) is 5.05. The molecule has 4 N–H and O–H groups in total. The average Bonchev–Trinajstić information content (AvgIpc) is 2.68. The second-order valence-corrected chi connectivity index (χ2v) is 6.92. The van der Waals surface area contributed by atoms with Gasteiger partial charge in [-0.05, 0) is 6.07 Å². The zero-order chi connectivity index (χ0) is 20.3. The third-order valence-electron chi connectivity index (χ3n) is 5.05. The van der Waals surface area contributed by atoms with Crippen LogP contribution in [0.4, 0.5) is 19.3 Å². The van der Waals surface area contributed by atoms with Gasteiger partial charge in [0.05, 0.1) is 17.0 Å². The van der Waals surface area contributed by atoms with E-state index in [1.807, 2.05) is 0 Å². The summed E-state index contributed by atoms with van der Waals surface area (Å²) in [6, 6.07) is 2.02. The molecule has 2 aliphatic heterocycles. The number of nitrogens with two attached hydrogens (primary N) is 1. The second-order valence-electron chi connectivity index (χ2n) is 6.92. The lowest BCUT2D eigenvalue weighted by atomic mass is 10.1. The second kappa shape index (κ2) is 8.41. The summed E-state index contributed by atoms with van der Waals surface area (Å²) in [7, 11) is 0. The highest BCUT2D eigenvalue weighted by Crippen LogP contribution is 2.26. The smallest absolute Gasteiger partial charge is 0.407 e. The average molecular weight is 395 g/mol. The van der Waals surface area contributed by atoms with Crippen molar-refractivity contribution in [2.75, 3.05) is 31.1 Å². The van der Waals surface area contributed by atoms with Crippen LogP contribution in [0, 0.1) is 17.0 Å². The van der Waals surface area contributed by atoms with Gasteiger partial charge in [0, 0.05) is 57.9 Å². The Labute approximate surface area is 161 Å². The molecular formula is C18H23F2N5O3. The van der Waals surface area contributed by atoms with Crippen molar-refractivity contribution in [3.05, 3.63) is 29.3 Å². The first kappa shape index (κ1) is 19.8. The van der Waals surface area contributed by atoms with E-state index in [1.54, 1.807) is 4.90 Å². The van der Waals surface area contributed by atoms with E-state index >= 15 is 0 Å². The Morgan fingerprint density at radius 3 is 2.39 bits per heavy atom. The molecule has 2 aliphatic rings. The van der Waals surface area contributed by atoms with E-state index in [4.69, 9.17) is 21.1 Å². The Morgan fingerprint density at radius 2 is 1.82 bits per heavy atom. The van der Waals surface area contributed by atoms with E-state index in [0.29, 0.717) is 51.9 Å². The molecule has 1 aromatic rings. The Hall–Kier alpha value is -2.91. The number of nitrogen functional groups attached to an aromatic ring is 1. The topological polar surface area (TPSA) is 115 Å². The maximum atomic E-state index is 14.3. The predicted octanol–water partition coefficient (Wildman–Crippen LogP) is 2.36. The Balaban J connectivity index is 1.53. The molecule has 0 atom stereocenters. The lowest BCUT2D eigenvalue weighted by molar-refractivity contribution is 0.0127. The van der Waals surface area contributed by atoms with Gasteiger partial charge in [0.25, 0.3) is 0 Å². The summed E-state index contributed by atoms with van der Waals surface area (Å²) in [5.74, 6) is -1.85. The third kappa shape index (κ3) is 4.49. The highest BCUT2D eigenvalue weighted by molar-refractivity contribution is 5.95. The van der Waals surface area contributed by atoms with Crippen LogP contribution in [-0.4, -0.2) is 59.9 Å². The van der Waals surface area contributed by atoms with Crippen LogP contribution in [0.1, 0.15) is 31.2 Å². The summed E-state index contributed by atoms with van der Waals surface area (Å²) < 4.78 is 28.3. The summed E-state index contributed by atoms with van der Waals surface area (Å²) in [5.41, 5.74) is 5.99. The van der Waals surface area contributed by atoms with E-state index < -0.39 is 23.6 Å². The Kier molecular flexibility index (Phi) is 5.96. The molecule has 1 aromatic carbocycles. The summed E-state index contributed by atoms with van der Waals surface area (Å²) in [6.07, 6.45) is 1.29. The number of amides is 1. The van der Waals surface area contributed by atoms with Gasteiger partial charge < -0.3 is 25.5 Å². The van der Waals surface area contributed by atoms with E-state index in [9.17, 15) is 13.6 Å². The summed E-state index contributed by atoms with van der Waals surface area (Å²) in [5, 5.41) is 20.4. The minimum atomic E-state index is -0.919. The lowest BCUT2D eigenvalue weighted by Gasteiger charge is -2.31. The van der Waals surface area contributed by atoms with Gasteiger partial charge in [-0.1, -0.05) is 5.16 Å². The maximum absolute atomic E-state index is 14.3. The molecule has 3 rings (SSSR count). The fraction of sp³-hybridized carbons (Fsp3) is 0.500. The Bertz CT molecular complexity index is 784. The highest BCUT2D eigenvalue weighted by Gasteiger charge is 2.25. The molecule has 0 aliphatic carbocycles. The molecule has 152 valence electrons. The maximum Gasteiger partial charge on any atom is 0.407 e. The number of nitrogens with one attached hydrogen (secondary N) is 1. The molecule has 10 heteroatoms. The van der Waals surface area contributed by atoms with Gasteiger partial charge in [0.2, 0.25) is 0 Å². The lowest BCUT2D eigenvalue weighted by Crippen LogP contribution is -2.40. The van der Waals surface area contributed by atoms with Gasteiger partial charge in [-0.2, -0.15) is 0 Å². The molecule has 0 aromatic heterocycles. The van der Waals surface area contributed by atoms with Crippen LogP contribution in [0.2, 0.25) is 0 Å². The van der Waals surface area contributed by atoms with Gasteiger partial charge in [-0.25, -0.2) is 13.6 Å². The van der Waals surface area contributed by atoms with E-state index in [-0.39, 0.29) is 17.4 Å². The van der Waals surface area contributed by atoms with Crippen molar-refractivity contribution in [1.82, 2.24) is 4.90 Å². The molecule has 2 heterocycles. The van der Waals surface area contributed by atoms with Crippen molar-refractivity contribution in [3.8, 4) is 0 Å². The van der Waals surface area contributed by atoms with Gasteiger partial charge in [-0.3, -0.25) is 5.41 Å². The zero-order valence-corrected chi connectivity index (χ0v) is 15.3. The molecule has 0 unspecified atom stereocenters. The van der Waals surface area contributed by atoms with Crippen molar-refractivity contribution in [2.45, 2.75) is 31.8 Å². The molecule has 0 spiro atoms. The first-order valence-electron chi connectivity index (χ1n) is 9.13. The van der Waals surface area contributed by atoms with Crippen LogP contribution in [0.3, 0.4) is 0 Å². The van der Waals surface area contributed by atoms with Gasteiger partial charge in [0.1, 0.15) is 23.6 Å². The SMILES string of the molecule is N=C(N)c1cc(F)c(N2CCC(=NOC3CCN(C(=O)O)CC3)CC2)cc1F. The molecule has 2 saturated heterocycles. The van der Waals surface area contributed by atoms with Crippen LogP contribution < -0.4 is 10.6 Å². The summed E-state index contributed by atoms with van der Waals surface area (Å²) in [6.45, 7) is 1.80. The number of halogens is 2. The van der Waals surface area contributed by atoms with Crippen molar-refractivity contribution >= 4 is 23.3 Å². The van der Waals surface area contributed by atoms with Crippen LogP contribution in [0.25, 0.3) is 0 Å². The number of nitrogens with zero attached hydrogens (tertiary/aromatic N) is 3. The molecule has 0 saturated carbocycles. The first-order chi connectivity index (χ1) is 13.3. The van der Waals surface area contributed by atoms with E-state index in [1.165, 1.54) is 4.90 Å². The van der Waals surface area contributed by atoms with Crippen molar-refractivity contribution in [2.24, 2.45) is 10.9 Å². The number of amidine groups is 1. The van der Waals surface area contributed by atoms with Crippen molar-refractivity contribution in [1.29, 1.82) is 5.41 Å². The minimum Gasteiger partial charge on any atom is -0.465 e. The fourth-order valence-corrected chi connectivity index (χ4v) is 3.38. The summed E-state index contributed by atoms with van der Waals surface area (Å²) in [4.78, 5) is 19.5. The van der Waals surface area contributed by atoms with E-state index in [0.717, 1.165) is 17.8 Å².